The fourth-order valence-corrected chi connectivity index (χ4v) is 2.03. The molecule has 3 nitrogen and oxygen atoms in total. The maximum absolute atomic E-state index is 12.2. The zero-order valence-electron chi connectivity index (χ0n) is 12.0. The fourth-order valence-electron chi connectivity index (χ4n) is 2.03. The van der Waals surface area contributed by atoms with Gasteiger partial charge in [-0.2, -0.15) is 5.48 Å². The molecule has 0 heterocycles. The van der Waals surface area contributed by atoms with E-state index in [0.717, 1.165) is 5.56 Å². The average molecular weight is 281 g/mol. The van der Waals surface area contributed by atoms with Gasteiger partial charge >= 0.3 is 0 Å². The maximum Gasteiger partial charge on any atom is 0.164 e. The molecule has 2 rings (SSSR count). The molecule has 0 amide bonds. The minimum absolute atomic E-state index is 0.0860. The molecule has 0 radical (unpaired) electrons. The summed E-state index contributed by atoms with van der Waals surface area (Å²) in [6.45, 7) is 0. The van der Waals surface area contributed by atoms with Crippen molar-refractivity contribution >= 4 is 11.9 Å². The van der Waals surface area contributed by atoms with E-state index in [9.17, 15) is 4.79 Å². The quantitative estimate of drug-likeness (QED) is 0.623. The third-order valence-corrected chi connectivity index (χ3v) is 3.09. The van der Waals surface area contributed by atoms with Crippen LogP contribution in [0.5, 0.6) is 0 Å². The highest BCUT2D eigenvalue weighted by atomic mass is 16.6. The van der Waals surface area contributed by atoms with E-state index >= 15 is 0 Å². The SMILES string of the molecule is CON[C@H](/C=C/c1ccccc1)CC(=O)c1ccccc1. The Bertz CT molecular complexity index is 579. The van der Waals surface area contributed by atoms with Gasteiger partial charge in [-0.3, -0.25) is 4.79 Å². The van der Waals surface area contributed by atoms with Crippen LogP contribution in [-0.2, 0) is 4.84 Å². The number of hydrogen-bond donors (Lipinski definition) is 1. The van der Waals surface area contributed by atoms with E-state index in [4.69, 9.17) is 4.84 Å². The minimum Gasteiger partial charge on any atom is -0.305 e. The molecule has 108 valence electrons. The zero-order valence-corrected chi connectivity index (χ0v) is 12.0. The highest BCUT2D eigenvalue weighted by Crippen LogP contribution is 2.08. The van der Waals surface area contributed by atoms with Gasteiger partial charge in [0.2, 0.25) is 0 Å². The van der Waals surface area contributed by atoms with Crippen molar-refractivity contribution in [1.82, 2.24) is 5.48 Å². The molecule has 0 aliphatic rings. The summed E-state index contributed by atoms with van der Waals surface area (Å²) < 4.78 is 0. The Hall–Kier alpha value is -2.23. The van der Waals surface area contributed by atoms with Crippen molar-refractivity contribution in [3.05, 3.63) is 77.9 Å². The Labute approximate surface area is 125 Å². The Morgan fingerprint density at radius 1 is 1.10 bits per heavy atom. The Morgan fingerprint density at radius 2 is 1.71 bits per heavy atom. The highest BCUT2D eigenvalue weighted by molar-refractivity contribution is 5.96. The summed E-state index contributed by atoms with van der Waals surface area (Å²) in [5, 5.41) is 0. The molecule has 0 bridgehead atoms. The van der Waals surface area contributed by atoms with Gasteiger partial charge in [-0.25, -0.2) is 0 Å². The van der Waals surface area contributed by atoms with Crippen molar-refractivity contribution in [2.75, 3.05) is 7.11 Å². The lowest BCUT2D eigenvalue weighted by atomic mass is 10.0. The first-order chi connectivity index (χ1) is 10.3. The van der Waals surface area contributed by atoms with E-state index in [2.05, 4.69) is 5.48 Å². The molecule has 0 aliphatic carbocycles. The molecule has 0 spiro atoms. The Balaban J connectivity index is 2.02. The molecule has 0 aromatic heterocycles. The average Bonchev–Trinajstić information content (AvgIpc) is 2.54. The standard InChI is InChI=1S/C18H19NO2/c1-21-19-17(13-12-15-8-4-2-5-9-15)14-18(20)16-10-6-3-7-11-16/h2-13,17,19H,14H2,1H3/b13-12+/t17-/m1/s1. The van der Waals surface area contributed by atoms with E-state index in [1.807, 2.05) is 72.8 Å². The monoisotopic (exact) mass is 281 g/mol. The van der Waals surface area contributed by atoms with Crippen molar-refractivity contribution in [3.8, 4) is 0 Å². The molecule has 21 heavy (non-hydrogen) atoms. The van der Waals surface area contributed by atoms with Gasteiger partial charge < -0.3 is 4.84 Å². The second-order valence-corrected chi connectivity index (χ2v) is 4.69. The lowest BCUT2D eigenvalue weighted by molar-refractivity contribution is 0.0664. The molecule has 2 aromatic rings. The highest BCUT2D eigenvalue weighted by Gasteiger charge is 2.12. The number of nitrogens with one attached hydrogen (secondary N) is 1. The van der Waals surface area contributed by atoms with E-state index in [1.165, 1.54) is 0 Å². The summed E-state index contributed by atoms with van der Waals surface area (Å²) in [5.74, 6) is 0.0860. The molecule has 0 unspecified atom stereocenters. The summed E-state index contributed by atoms with van der Waals surface area (Å²) in [7, 11) is 1.55. The van der Waals surface area contributed by atoms with Crippen molar-refractivity contribution in [1.29, 1.82) is 0 Å². The summed E-state index contributed by atoms with van der Waals surface area (Å²) in [4.78, 5) is 17.2. The Morgan fingerprint density at radius 3 is 2.33 bits per heavy atom. The van der Waals surface area contributed by atoms with Crippen LogP contribution in [0.4, 0.5) is 0 Å². The number of hydrogen-bond acceptors (Lipinski definition) is 3. The van der Waals surface area contributed by atoms with Gasteiger partial charge in [0, 0.05) is 12.0 Å². The van der Waals surface area contributed by atoms with Crippen LogP contribution in [0.2, 0.25) is 0 Å². The van der Waals surface area contributed by atoms with Crippen molar-refractivity contribution in [3.63, 3.8) is 0 Å². The van der Waals surface area contributed by atoms with Gasteiger partial charge in [-0.1, -0.05) is 72.8 Å². The van der Waals surface area contributed by atoms with Gasteiger partial charge in [0.25, 0.3) is 0 Å². The van der Waals surface area contributed by atoms with Crippen LogP contribution < -0.4 is 5.48 Å². The van der Waals surface area contributed by atoms with Gasteiger partial charge in [0.05, 0.1) is 13.2 Å². The predicted molar refractivity (Wildman–Crippen MR) is 84.8 cm³/mol. The second-order valence-electron chi connectivity index (χ2n) is 4.69. The topological polar surface area (TPSA) is 38.3 Å². The van der Waals surface area contributed by atoms with Crippen molar-refractivity contribution in [2.24, 2.45) is 0 Å². The first kappa shape index (κ1) is 15.2. The number of hydroxylamine groups is 1. The summed E-state index contributed by atoms with van der Waals surface area (Å²) in [5.41, 5.74) is 4.65. The molecule has 3 heteroatoms. The smallest absolute Gasteiger partial charge is 0.164 e. The number of Topliss-reactive ketones (excluding diaryl/α,β-unsaturated/α-hetero) is 1. The predicted octanol–water partition coefficient (Wildman–Crippen LogP) is 3.49. The molecule has 0 saturated heterocycles. The molecular formula is C18H19NO2. The van der Waals surface area contributed by atoms with Crippen LogP contribution in [0.25, 0.3) is 6.08 Å². The summed E-state index contributed by atoms with van der Waals surface area (Å²) in [6, 6.07) is 19.1. The number of rotatable bonds is 7. The molecule has 1 N–H and O–H groups in total. The summed E-state index contributed by atoms with van der Waals surface area (Å²) in [6.07, 6.45) is 4.27. The van der Waals surface area contributed by atoms with Crippen LogP contribution in [-0.4, -0.2) is 18.9 Å². The fraction of sp³-hybridized carbons (Fsp3) is 0.167. The summed E-state index contributed by atoms with van der Waals surface area (Å²) >= 11 is 0. The lowest BCUT2D eigenvalue weighted by Crippen LogP contribution is -2.28. The van der Waals surface area contributed by atoms with Crippen LogP contribution in [0, 0.1) is 0 Å². The van der Waals surface area contributed by atoms with Crippen LogP contribution >= 0.6 is 0 Å². The van der Waals surface area contributed by atoms with E-state index in [0.29, 0.717) is 12.0 Å². The molecule has 2 aromatic carbocycles. The second kappa shape index (κ2) is 8.15. The molecular weight excluding hydrogens is 262 g/mol. The third-order valence-electron chi connectivity index (χ3n) is 3.09. The number of benzene rings is 2. The largest absolute Gasteiger partial charge is 0.305 e. The maximum atomic E-state index is 12.2. The van der Waals surface area contributed by atoms with Crippen LogP contribution in [0.3, 0.4) is 0 Å². The molecule has 0 fully saturated rings. The first-order valence-electron chi connectivity index (χ1n) is 6.89. The van der Waals surface area contributed by atoms with Crippen LogP contribution in [0.15, 0.2) is 66.7 Å². The number of ketones is 1. The number of carbonyl (C=O) groups excluding carboxylic acids is 1. The molecule has 0 aliphatic heterocycles. The van der Waals surface area contributed by atoms with Crippen molar-refractivity contribution < 1.29 is 9.63 Å². The van der Waals surface area contributed by atoms with Crippen molar-refractivity contribution in [2.45, 2.75) is 12.5 Å². The van der Waals surface area contributed by atoms with E-state index in [1.54, 1.807) is 7.11 Å². The van der Waals surface area contributed by atoms with E-state index in [-0.39, 0.29) is 11.8 Å². The Kier molecular flexibility index (Phi) is 5.88. The lowest BCUT2D eigenvalue weighted by Gasteiger charge is -2.12. The van der Waals surface area contributed by atoms with Gasteiger partial charge in [0.1, 0.15) is 0 Å². The normalized spacial score (nSPS) is 12.4. The van der Waals surface area contributed by atoms with E-state index < -0.39 is 0 Å². The van der Waals surface area contributed by atoms with Gasteiger partial charge in [0.15, 0.2) is 5.78 Å². The first-order valence-corrected chi connectivity index (χ1v) is 6.89. The zero-order chi connectivity index (χ0) is 14.9. The van der Waals surface area contributed by atoms with Gasteiger partial charge in [-0.15, -0.1) is 0 Å². The van der Waals surface area contributed by atoms with Gasteiger partial charge in [-0.05, 0) is 5.56 Å². The molecule has 1 atom stereocenters. The number of carbonyl (C=O) groups is 1. The minimum atomic E-state index is -0.164. The molecule has 0 saturated carbocycles. The third kappa shape index (κ3) is 4.99. The van der Waals surface area contributed by atoms with Crippen LogP contribution in [0.1, 0.15) is 22.3 Å².